The molecule has 2 atom stereocenters. The molecular formula is C12H13FN2O2S. The summed E-state index contributed by atoms with van der Waals surface area (Å²) in [6, 6.07) is 6.21. The van der Waals surface area contributed by atoms with E-state index in [-0.39, 0.29) is 10.7 Å². The summed E-state index contributed by atoms with van der Waals surface area (Å²) in [6.07, 6.45) is 1.02. The van der Waals surface area contributed by atoms with Crippen molar-refractivity contribution in [3.63, 3.8) is 0 Å². The number of alkyl halides is 1. The zero-order valence-electron chi connectivity index (χ0n) is 9.64. The summed E-state index contributed by atoms with van der Waals surface area (Å²) in [6.45, 7) is 0. The van der Waals surface area contributed by atoms with Gasteiger partial charge in [-0.25, -0.2) is 12.8 Å². The molecule has 1 fully saturated rings. The third-order valence-corrected chi connectivity index (χ3v) is 4.75. The lowest BCUT2D eigenvalue weighted by Crippen LogP contribution is -2.25. The molecule has 2 unspecified atom stereocenters. The maximum Gasteiger partial charge on any atom is 0.263 e. The van der Waals surface area contributed by atoms with Gasteiger partial charge < -0.3 is 0 Å². The summed E-state index contributed by atoms with van der Waals surface area (Å²) in [5.74, 6) is 0.278. The van der Waals surface area contributed by atoms with Crippen LogP contribution < -0.4 is 4.72 Å². The Morgan fingerprint density at radius 2 is 2.06 bits per heavy atom. The number of nitrogens with zero attached hydrogens (tertiary/aromatic N) is 1. The number of benzene rings is 1. The molecule has 1 aliphatic carbocycles. The molecule has 0 saturated heterocycles. The Morgan fingerprint density at radius 3 is 2.78 bits per heavy atom. The van der Waals surface area contributed by atoms with Crippen molar-refractivity contribution in [3.05, 3.63) is 29.8 Å². The van der Waals surface area contributed by atoms with E-state index in [1.54, 1.807) is 18.2 Å². The van der Waals surface area contributed by atoms with Crippen LogP contribution >= 0.6 is 0 Å². The Bertz CT molecular complexity index is 612. The van der Waals surface area contributed by atoms with Gasteiger partial charge in [0.25, 0.3) is 10.0 Å². The first-order valence-corrected chi connectivity index (χ1v) is 7.40. The molecule has 4 nitrogen and oxygen atoms in total. The van der Waals surface area contributed by atoms with E-state index in [1.807, 2.05) is 0 Å². The third kappa shape index (κ3) is 1.80. The summed E-state index contributed by atoms with van der Waals surface area (Å²) in [5.41, 5.74) is 0.539. The van der Waals surface area contributed by atoms with E-state index in [1.165, 1.54) is 6.07 Å². The smallest absolute Gasteiger partial charge is 0.263 e. The number of sulfonamides is 1. The van der Waals surface area contributed by atoms with Crippen LogP contribution in [0.3, 0.4) is 0 Å². The minimum absolute atomic E-state index is 0.220. The molecule has 18 heavy (non-hydrogen) atoms. The second-order valence-corrected chi connectivity index (χ2v) is 6.24. The quantitative estimate of drug-likeness (QED) is 0.841. The Balaban J connectivity index is 2.04. The summed E-state index contributed by atoms with van der Waals surface area (Å²) in [4.78, 5) is 4.46. The van der Waals surface area contributed by atoms with Crippen LogP contribution in [0.5, 0.6) is 0 Å². The van der Waals surface area contributed by atoms with Gasteiger partial charge in [0.1, 0.15) is 12.0 Å². The number of nitrogens with one attached hydrogen (secondary N) is 1. The molecule has 0 radical (unpaired) electrons. The van der Waals surface area contributed by atoms with Gasteiger partial charge in [-0.1, -0.05) is 12.1 Å². The molecule has 3 rings (SSSR count). The standard InChI is InChI=1S/C12H13FN2O2S/c13-9-5-3-6-10(9)14-12-8-4-1-2-7-11(8)18(16,17)15-12/h1-2,4,7,9-10H,3,5-6H2,(H,14,15). The zero-order valence-corrected chi connectivity index (χ0v) is 10.5. The number of rotatable bonds is 1. The minimum atomic E-state index is -3.52. The van der Waals surface area contributed by atoms with E-state index in [2.05, 4.69) is 9.71 Å². The molecule has 1 aromatic carbocycles. The van der Waals surface area contributed by atoms with Gasteiger partial charge in [-0.3, -0.25) is 9.71 Å². The van der Waals surface area contributed by atoms with Crippen molar-refractivity contribution in [2.75, 3.05) is 0 Å². The Kier molecular flexibility index (Phi) is 2.62. The van der Waals surface area contributed by atoms with Crippen LogP contribution in [0.15, 0.2) is 34.2 Å². The molecule has 1 N–H and O–H groups in total. The van der Waals surface area contributed by atoms with E-state index < -0.39 is 22.2 Å². The molecular weight excluding hydrogens is 255 g/mol. The van der Waals surface area contributed by atoms with E-state index in [9.17, 15) is 12.8 Å². The number of fused-ring (bicyclic) bond motifs is 1. The van der Waals surface area contributed by atoms with Crippen molar-refractivity contribution in [1.29, 1.82) is 0 Å². The Labute approximate surface area is 105 Å². The van der Waals surface area contributed by atoms with E-state index in [0.717, 1.165) is 6.42 Å². The monoisotopic (exact) mass is 268 g/mol. The van der Waals surface area contributed by atoms with E-state index in [4.69, 9.17) is 0 Å². The molecule has 0 bridgehead atoms. The fraction of sp³-hybridized carbons (Fsp3) is 0.417. The van der Waals surface area contributed by atoms with Gasteiger partial charge in [-0.05, 0) is 31.4 Å². The first kappa shape index (κ1) is 11.6. The van der Waals surface area contributed by atoms with Crippen molar-refractivity contribution >= 4 is 15.9 Å². The van der Waals surface area contributed by atoms with E-state index in [0.29, 0.717) is 18.4 Å². The molecule has 0 amide bonds. The fourth-order valence-corrected chi connectivity index (χ4v) is 3.68. The lowest BCUT2D eigenvalue weighted by atomic mass is 10.2. The summed E-state index contributed by atoms with van der Waals surface area (Å²) < 4.78 is 39.6. The molecule has 96 valence electrons. The zero-order chi connectivity index (χ0) is 12.8. The van der Waals surface area contributed by atoms with Gasteiger partial charge in [0, 0.05) is 5.56 Å². The van der Waals surface area contributed by atoms with Crippen LogP contribution in [0.2, 0.25) is 0 Å². The van der Waals surface area contributed by atoms with Crippen molar-refractivity contribution in [1.82, 2.24) is 4.72 Å². The number of hydrogen-bond acceptors (Lipinski definition) is 3. The van der Waals surface area contributed by atoms with Crippen LogP contribution in [0.25, 0.3) is 0 Å². The average Bonchev–Trinajstić information content (AvgIpc) is 2.84. The molecule has 1 aromatic rings. The second-order valence-electron chi connectivity index (χ2n) is 4.59. The van der Waals surface area contributed by atoms with Crippen LogP contribution in [-0.4, -0.2) is 26.5 Å². The topological polar surface area (TPSA) is 58.5 Å². The third-order valence-electron chi connectivity index (χ3n) is 3.35. The Hall–Kier alpha value is -1.43. The minimum Gasteiger partial charge on any atom is -0.263 e. The molecule has 0 aromatic heterocycles. The predicted octanol–water partition coefficient (Wildman–Crippen LogP) is 1.62. The average molecular weight is 268 g/mol. The van der Waals surface area contributed by atoms with Crippen molar-refractivity contribution < 1.29 is 12.8 Å². The summed E-state index contributed by atoms with van der Waals surface area (Å²) >= 11 is 0. The van der Waals surface area contributed by atoms with Gasteiger partial charge >= 0.3 is 0 Å². The van der Waals surface area contributed by atoms with Gasteiger partial charge in [0.05, 0.1) is 10.9 Å². The number of hydrogen-bond donors (Lipinski definition) is 1. The SMILES string of the molecule is O=S1(=O)NC(=NC2CCCC2F)c2ccccc21. The molecule has 2 aliphatic rings. The van der Waals surface area contributed by atoms with Crippen LogP contribution in [0.4, 0.5) is 4.39 Å². The molecule has 0 spiro atoms. The number of aliphatic imine (C=N–C) groups is 1. The second kappa shape index (κ2) is 4.05. The number of amidine groups is 1. The van der Waals surface area contributed by atoms with Crippen LogP contribution in [-0.2, 0) is 10.0 Å². The molecule has 1 heterocycles. The largest absolute Gasteiger partial charge is 0.263 e. The van der Waals surface area contributed by atoms with Crippen molar-refractivity contribution in [2.24, 2.45) is 4.99 Å². The lowest BCUT2D eigenvalue weighted by molar-refractivity contribution is 0.313. The lowest BCUT2D eigenvalue weighted by Gasteiger charge is -2.08. The van der Waals surface area contributed by atoms with Crippen LogP contribution in [0.1, 0.15) is 24.8 Å². The maximum absolute atomic E-state index is 13.5. The molecule has 1 saturated carbocycles. The molecule has 6 heteroatoms. The predicted molar refractivity (Wildman–Crippen MR) is 65.8 cm³/mol. The van der Waals surface area contributed by atoms with Gasteiger partial charge in [-0.2, -0.15) is 0 Å². The number of halogens is 1. The highest BCUT2D eigenvalue weighted by Gasteiger charge is 2.33. The highest BCUT2D eigenvalue weighted by molar-refractivity contribution is 7.90. The fourth-order valence-electron chi connectivity index (χ4n) is 2.44. The van der Waals surface area contributed by atoms with Gasteiger partial charge in [-0.15, -0.1) is 0 Å². The van der Waals surface area contributed by atoms with Crippen molar-refractivity contribution in [2.45, 2.75) is 36.4 Å². The highest BCUT2D eigenvalue weighted by atomic mass is 32.2. The van der Waals surface area contributed by atoms with Crippen LogP contribution in [0, 0.1) is 0 Å². The Morgan fingerprint density at radius 1 is 1.28 bits per heavy atom. The normalized spacial score (nSPS) is 31.3. The maximum atomic E-state index is 13.5. The summed E-state index contributed by atoms with van der Waals surface area (Å²) in [5, 5.41) is 0. The van der Waals surface area contributed by atoms with Gasteiger partial charge in [0.15, 0.2) is 0 Å². The first-order valence-electron chi connectivity index (χ1n) is 5.92. The van der Waals surface area contributed by atoms with E-state index >= 15 is 0 Å². The highest BCUT2D eigenvalue weighted by Crippen LogP contribution is 2.28. The van der Waals surface area contributed by atoms with Crippen molar-refractivity contribution in [3.8, 4) is 0 Å². The summed E-state index contributed by atoms with van der Waals surface area (Å²) in [7, 11) is -3.52. The van der Waals surface area contributed by atoms with Gasteiger partial charge in [0.2, 0.25) is 0 Å². The molecule has 1 aliphatic heterocycles. The first-order chi connectivity index (χ1) is 8.58.